The number of nitrogens with one attached hydrogen (secondary N) is 1. The molecule has 1 unspecified atom stereocenters. The molecule has 14 heavy (non-hydrogen) atoms. The first-order chi connectivity index (χ1) is 6.77. The van der Waals surface area contributed by atoms with Crippen LogP contribution < -0.4 is 11.5 Å². The highest BCUT2D eigenvalue weighted by atomic mass is 15.5. The van der Waals surface area contributed by atoms with Crippen molar-refractivity contribution in [3.63, 3.8) is 0 Å². The number of hydrogen-bond donors (Lipinski definition) is 3. The number of nitrogens with two attached hydrogens (primary N) is 2. The molecule has 72 valence electrons. The molecule has 0 saturated heterocycles. The summed E-state index contributed by atoms with van der Waals surface area (Å²) in [5.74, 6) is 0.524. The van der Waals surface area contributed by atoms with Gasteiger partial charge in [0, 0.05) is 5.69 Å². The van der Waals surface area contributed by atoms with Crippen LogP contribution in [0.2, 0.25) is 0 Å². The fourth-order valence-electron chi connectivity index (χ4n) is 1.21. The normalized spacial score (nSPS) is 12.6. The maximum Gasteiger partial charge on any atom is 0.170 e. The van der Waals surface area contributed by atoms with Crippen LogP contribution >= 0.6 is 0 Å². The summed E-state index contributed by atoms with van der Waals surface area (Å²) in [6.07, 6.45) is 0. The van der Waals surface area contributed by atoms with Gasteiger partial charge in [0.05, 0.1) is 6.04 Å². The topological polar surface area (TPSA) is 106 Å². The summed E-state index contributed by atoms with van der Waals surface area (Å²) >= 11 is 0. The Labute approximate surface area is 80.3 Å². The van der Waals surface area contributed by atoms with E-state index in [-0.39, 0.29) is 6.04 Å². The van der Waals surface area contributed by atoms with Gasteiger partial charge in [-0.3, -0.25) is 0 Å². The average molecular weight is 190 g/mol. The van der Waals surface area contributed by atoms with E-state index in [1.54, 1.807) is 12.1 Å². The number of tetrazole rings is 1. The fourth-order valence-corrected chi connectivity index (χ4v) is 1.21. The minimum Gasteiger partial charge on any atom is -0.399 e. The molecule has 6 nitrogen and oxygen atoms in total. The van der Waals surface area contributed by atoms with Crippen LogP contribution in [0.1, 0.15) is 17.4 Å². The summed E-state index contributed by atoms with van der Waals surface area (Å²) < 4.78 is 0. The van der Waals surface area contributed by atoms with E-state index < -0.39 is 0 Å². The predicted octanol–water partition coefficient (Wildman–Crippen LogP) is -0.170. The van der Waals surface area contributed by atoms with Gasteiger partial charge in [0.2, 0.25) is 0 Å². The third-order valence-corrected chi connectivity index (χ3v) is 1.93. The van der Waals surface area contributed by atoms with Crippen molar-refractivity contribution >= 4 is 5.69 Å². The van der Waals surface area contributed by atoms with E-state index in [1.165, 1.54) is 0 Å². The lowest BCUT2D eigenvalue weighted by Crippen LogP contribution is -2.13. The summed E-state index contributed by atoms with van der Waals surface area (Å²) in [6, 6.07) is 6.95. The number of nitrogen functional groups attached to an aromatic ring is 1. The van der Waals surface area contributed by atoms with E-state index in [2.05, 4.69) is 20.6 Å². The van der Waals surface area contributed by atoms with Crippen LogP contribution in [0.4, 0.5) is 5.69 Å². The van der Waals surface area contributed by atoms with Crippen molar-refractivity contribution in [2.24, 2.45) is 5.73 Å². The van der Waals surface area contributed by atoms with Crippen LogP contribution in [0.5, 0.6) is 0 Å². The van der Waals surface area contributed by atoms with Crippen molar-refractivity contribution in [3.05, 3.63) is 35.7 Å². The van der Waals surface area contributed by atoms with Gasteiger partial charge >= 0.3 is 0 Å². The Morgan fingerprint density at radius 1 is 1.36 bits per heavy atom. The van der Waals surface area contributed by atoms with Crippen LogP contribution in [0, 0.1) is 0 Å². The first-order valence-electron chi connectivity index (χ1n) is 4.12. The minimum atomic E-state index is -0.367. The number of anilines is 1. The highest BCUT2D eigenvalue weighted by Gasteiger charge is 2.12. The van der Waals surface area contributed by atoms with Gasteiger partial charge in [0.25, 0.3) is 0 Å². The van der Waals surface area contributed by atoms with Gasteiger partial charge in [-0.05, 0) is 28.1 Å². The van der Waals surface area contributed by atoms with E-state index in [1.807, 2.05) is 12.1 Å². The summed E-state index contributed by atoms with van der Waals surface area (Å²) in [7, 11) is 0. The lowest BCUT2D eigenvalue weighted by atomic mass is 10.1. The van der Waals surface area contributed by atoms with Crippen LogP contribution in [-0.2, 0) is 0 Å². The molecule has 2 rings (SSSR count). The molecule has 0 bridgehead atoms. The first-order valence-corrected chi connectivity index (χ1v) is 4.12. The highest BCUT2D eigenvalue weighted by molar-refractivity contribution is 5.42. The molecule has 0 aliphatic rings. The SMILES string of the molecule is Nc1cccc(C(N)c2nnn[nH]2)c1. The molecule has 5 N–H and O–H groups in total. The number of rotatable bonds is 2. The number of H-pyrrole nitrogens is 1. The van der Waals surface area contributed by atoms with Crippen LogP contribution in [0.3, 0.4) is 0 Å². The van der Waals surface area contributed by atoms with E-state index in [0.29, 0.717) is 11.5 Å². The zero-order valence-corrected chi connectivity index (χ0v) is 7.38. The summed E-state index contributed by atoms with van der Waals surface area (Å²) in [5, 5.41) is 13.3. The van der Waals surface area contributed by atoms with Crippen molar-refractivity contribution in [2.75, 3.05) is 5.73 Å². The quantitative estimate of drug-likeness (QED) is 0.570. The zero-order valence-electron chi connectivity index (χ0n) is 7.38. The van der Waals surface area contributed by atoms with E-state index >= 15 is 0 Å². The van der Waals surface area contributed by atoms with Gasteiger partial charge in [0.15, 0.2) is 5.82 Å². The molecule has 0 spiro atoms. The van der Waals surface area contributed by atoms with E-state index in [0.717, 1.165) is 5.56 Å². The molecular formula is C8H10N6. The number of nitrogens with zero attached hydrogens (tertiary/aromatic N) is 3. The standard InChI is InChI=1S/C8H10N6/c9-6-3-1-2-5(4-6)7(10)8-11-13-14-12-8/h1-4,7H,9-10H2,(H,11,12,13,14). The maximum atomic E-state index is 5.90. The molecule has 1 aromatic carbocycles. The van der Waals surface area contributed by atoms with Gasteiger partial charge in [-0.25, -0.2) is 5.10 Å². The van der Waals surface area contributed by atoms with Crippen molar-refractivity contribution < 1.29 is 0 Å². The smallest absolute Gasteiger partial charge is 0.170 e. The molecule has 1 atom stereocenters. The minimum absolute atomic E-state index is 0.367. The van der Waals surface area contributed by atoms with E-state index in [4.69, 9.17) is 11.5 Å². The second-order valence-corrected chi connectivity index (χ2v) is 2.93. The van der Waals surface area contributed by atoms with Gasteiger partial charge in [-0.15, -0.1) is 5.10 Å². The number of aromatic amines is 1. The Morgan fingerprint density at radius 2 is 2.21 bits per heavy atom. The van der Waals surface area contributed by atoms with E-state index in [9.17, 15) is 0 Å². The van der Waals surface area contributed by atoms with Gasteiger partial charge in [0.1, 0.15) is 0 Å². The molecule has 6 heteroatoms. The average Bonchev–Trinajstić information content (AvgIpc) is 2.69. The summed E-state index contributed by atoms with van der Waals surface area (Å²) in [6.45, 7) is 0. The van der Waals surface area contributed by atoms with Crippen molar-refractivity contribution in [3.8, 4) is 0 Å². The van der Waals surface area contributed by atoms with Gasteiger partial charge in [-0.1, -0.05) is 12.1 Å². The second-order valence-electron chi connectivity index (χ2n) is 2.93. The molecule has 0 aliphatic heterocycles. The van der Waals surface area contributed by atoms with Gasteiger partial charge < -0.3 is 11.5 Å². The number of aromatic nitrogens is 4. The molecular weight excluding hydrogens is 180 g/mol. The lowest BCUT2D eigenvalue weighted by molar-refractivity contribution is 0.785. The summed E-state index contributed by atoms with van der Waals surface area (Å²) in [5.41, 5.74) is 13.1. The molecule has 0 amide bonds. The number of benzene rings is 1. The highest BCUT2D eigenvalue weighted by Crippen LogP contribution is 2.17. The summed E-state index contributed by atoms with van der Waals surface area (Å²) in [4.78, 5) is 0. The van der Waals surface area contributed by atoms with Crippen LogP contribution in [-0.4, -0.2) is 20.6 Å². The number of hydrogen-bond acceptors (Lipinski definition) is 5. The molecule has 1 aromatic heterocycles. The Hall–Kier alpha value is -1.95. The first kappa shape index (κ1) is 8.64. The molecule has 1 heterocycles. The van der Waals surface area contributed by atoms with Gasteiger partial charge in [-0.2, -0.15) is 0 Å². The predicted molar refractivity (Wildman–Crippen MR) is 51.1 cm³/mol. The zero-order chi connectivity index (χ0) is 9.97. The maximum absolute atomic E-state index is 5.90. The van der Waals surface area contributed by atoms with Crippen molar-refractivity contribution in [2.45, 2.75) is 6.04 Å². The Morgan fingerprint density at radius 3 is 2.86 bits per heavy atom. The Kier molecular flexibility index (Phi) is 2.11. The van der Waals surface area contributed by atoms with Crippen molar-refractivity contribution in [1.29, 1.82) is 0 Å². The van der Waals surface area contributed by atoms with Crippen molar-refractivity contribution in [1.82, 2.24) is 20.6 Å². The molecule has 0 saturated carbocycles. The molecule has 0 radical (unpaired) electrons. The van der Waals surface area contributed by atoms with Crippen LogP contribution in [0.15, 0.2) is 24.3 Å². The lowest BCUT2D eigenvalue weighted by Gasteiger charge is -2.07. The fraction of sp³-hybridized carbons (Fsp3) is 0.125. The van der Waals surface area contributed by atoms with Crippen LogP contribution in [0.25, 0.3) is 0 Å². The third kappa shape index (κ3) is 1.55. The largest absolute Gasteiger partial charge is 0.399 e. The monoisotopic (exact) mass is 190 g/mol. The molecule has 2 aromatic rings. The second kappa shape index (κ2) is 3.43. The third-order valence-electron chi connectivity index (χ3n) is 1.93. The Balaban J connectivity index is 2.32. The molecule has 0 aliphatic carbocycles. The Bertz CT molecular complexity index is 410. The molecule has 0 fully saturated rings.